The molecule has 0 amide bonds. The lowest BCUT2D eigenvalue weighted by atomic mass is 10.2. The number of benzene rings is 1. The van der Waals surface area contributed by atoms with Crippen molar-refractivity contribution < 1.29 is 19.0 Å². The molecule has 0 aromatic heterocycles. The lowest BCUT2D eigenvalue weighted by Crippen LogP contribution is -2.17. The van der Waals surface area contributed by atoms with Crippen LogP contribution in [0.4, 0.5) is 4.39 Å². The van der Waals surface area contributed by atoms with E-state index in [0.29, 0.717) is 11.3 Å². The van der Waals surface area contributed by atoms with E-state index >= 15 is 0 Å². The van der Waals surface area contributed by atoms with Gasteiger partial charge in [-0.3, -0.25) is 4.79 Å². The molecule has 1 atom stereocenters. The molecule has 0 fully saturated rings. The average Bonchev–Trinajstić information content (AvgIpc) is 2.08. The summed E-state index contributed by atoms with van der Waals surface area (Å²) in [5.74, 6) is -0.724. The molecule has 0 aliphatic heterocycles. The zero-order valence-electron chi connectivity index (χ0n) is 8.66. The maximum Gasteiger partial charge on any atom is 0.307 e. The molecule has 3 nitrogen and oxygen atoms in total. The molecule has 1 rings (SSSR count). The van der Waals surface area contributed by atoms with Gasteiger partial charge in [0.2, 0.25) is 0 Å². The average molecular weight is 212 g/mol. The number of aryl methyl sites for hydroxylation is 1. The van der Waals surface area contributed by atoms with Crippen molar-refractivity contribution in [2.24, 2.45) is 0 Å². The maximum absolute atomic E-state index is 12.7. The molecular weight excluding hydrogens is 199 g/mol. The summed E-state index contributed by atoms with van der Waals surface area (Å²) in [6, 6.07) is 4.14. The van der Waals surface area contributed by atoms with Crippen LogP contribution in [0.2, 0.25) is 0 Å². The summed E-state index contributed by atoms with van der Waals surface area (Å²) in [6.45, 7) is 3.38. The number of hydrogen-bond donors (Lipinski definition) is 1. The molecule has 0 bridgehead atoms. The van der Waals surface area contributed by atoms with Crippen molar-refractivity contribution in [2.45, 2.75) is 26.4 Å². The highest BCUT2D eigenvalue weighted by atomic mass is 19.1. The van der Waals surface area contributed by atoms with Gasteiger partial charge in [-0.25, -0.2) is 4.39 Å². The van der Waals surface area contributed by atoms with Gasteiger partial charge in [-0.1, -0.05) is 0 Å². The van der Waals surface area contributed by atoms with Gasteiger partial charge < -0.3 is 9.84 Å². The van der Waals surface area contributed by atoms with Crippen molar-refractivity contribution >= 4 is 5.97 Å². The second kappa shape index (κ2) is 4.77. The first-order chi connectivity index (χ1) is 6.99. The molecule has 4 heteroatoms. The Kier molecular flexibility index (Phi) is 3.66. The molecule has 1 aromatic carbocycles. The molecule has 1 aromatic rings. The van der Waals surface area contributed by atoms with Crippen LogP contribution in [0.15, 0.2) is 18.2 Å². The van der Waals surface area contributed by atoms with Crippen molar-refractivity contribution in [3.8, 4) is 5.75 Å². The number of aliphatic carboxylic acids is 1. The quantitative estimate of drug-likeness (QED) is 0.833. The van der Waals surface area contributed by atoms with E-state index in [1.807, 2.05) is 0 Å². The fraction of sp³-hybridized carbons (Fsp3) is 0.364. The SMILES string of the molecule is Cc1cc(F)ccc1O[C@@H](C)CC(=O)O. The molecule has 82 valence electrons. The van der Waals surface area contributed by atoms with Gasteiger partial charge in [-0.05, 0) is 37.6 Å². The summed E-state index contributed by atoms with van der Waals surface area (Å²) in [4.78, 5) is 10.4. The highest BCUT2D eigenvalue weighted by molar-refractivity contribution is 5.67. The van der Waals surface area contributed by atoms with Gasteiger partial charge >= 0.3 is 5.97 Å². The summed E-state index contributed by atoms with van der Waals surface area (Å²) in [5, 5.41) is 8.54. The molecule has 0 saturated carbocycles. The van der Waals surface area contributed by atoms with Crippen LogP contribution < -0.4 is 4.74 Å². The predicted octanol–water partition coefficient (Wildman–Crippen LogP) is 2.38. The van der Waals surface area contributed by atoms with E-state index in [-0.39, 0.29) is 12.2 Å². The Balaban J connectivity index is 2.68. The molecule has 0 aliphatic carbocycles. The molecule has 0 heterocycles. The number of carboxylic acids is 1. The minimum absolute atomic E-state index is 0.0726. The van der Waals surface area contributed by atoms with E-state index in [1.165, 1.54) is 18.2 Å². The van der Waals surface area contributed by atoms with Gasteiger partial charge in [0, 0.05) is 0 Å². The zero-order chi connectivity index (χ0) is 11.4. The highest BCUT2D eigenvalue weighted by Gasteiger charge is 2.10. The van der Waals surface area contributed by atoms with Crippen LogP contribution in [0.5, 0.6) is 5.75 Å². The number of ether oxygens (including phenoxy) is 1. The van der Waals surface area contributed by atoms with E-state index in [4.69, 9.17) is 9.84 Å². The summed E-state index contributed by atoms with van der Waals surface area (Å²) >= 11 is 0. The minimum atomic E-state index is -0.915. The molecule has 0 aliphatic rings. The van der Waals surface area contributed by atoms with Crippen molar-refractivity contribution in [1.29, 1.82) is 0 Å². The molecule has 1 N–H and O–H groups in total. The van der Waals surface area contributed by atoms with Crippen LogP contribution in [-0.4, -0.2) is 17.2 Å². The van der Waals surface area contributed by atoms with Crippen LogP contribution >= 0.6 is 0 Å². The van der Waals surface area contributed by atoms with Crippen molar-refractivity contribution in [3.05, 3.63) is 29.6 Å². The summed E-state index contributed by atoms with van der Waals surface area (Å²) < 4.78 is 18.1. The lowest BCUT2D eigenvalue weighted by molar-refractivity contribution is -0.138. The van der Waals surface area contributed by atoms with E-state index < -0.39 is 12.1 Å². The van der Waals surface area contributed by atoms with E-state index in [9.17, 15) is 9.18 Å². The van der Waals surface area contributed by atoms with E-state index in [0.717, 1.165) is 0 Å². The summed E-state index contributed by atoms with van der Waals surface area (Å²) in [5.41, 5.74) is 0.659. The Hall–Kier alpha value is -1.58. The molecule has 15 heavy (non-hydrogen) atoms. The Morgan fingerprint density at radius 1 is 1.60 bits per heavy atom. The maximum atomic E-state index is 12.7. The first kappa shape index (κ1) is 11.5. The second-order valence-corrected chi connectivity index (χ2v) is 3.44. The fourth-order valence-corrected chi connectivity index (χ4v) is 1.25. The fourth-order valence-electron chi connectivity index (χ4n) is 1.25. The van der Waals surface area contributed by atoms with E-state index in [2.05, 4.69) is 0 Å². The van der Waals surface area contributed by atoms with Gasteiger partial charge in [0.25, 0.3) is 0 Å². The van der Waals surface area contributed by atoms with Crippen molar-refractivity contribution in [2.75, 3.05) is 0 Å². The van der Waals surface area contributed by atoms with Gasteiger partial charge in [0.1, 0.15) is 17.7 Å². The Morgan fingerprint density at radius 3 is 2.80 bits per heavy atom. The van der Waals surface area contributed by atoms with Crippen LogP contribution in [0.1, 0.15) is 18.9 Å². The molecule has 0 spiro atoms. The van der Waals surface area contributed by atoms with Crippen LogP contribution in [0.3, 0.4) is 0 Å². The predicted molar refractivity (Wildman–Crippen MR) is 53.5 cm³/mol. The van der Waals surface area contributed by atoms with Gasteiger partial charge in [-0.2, -0.15) is 0 Å². The zero-order valence-corrected chi connectivity index (χ0v) is 8.66. The lowest BCUT2D eigenvalue weighted by Gasteiger charge is -2.14. The molecule has 0 saturated heterocycles. The van der Waals surface area contributed by atoms with Crippen LogP contribution in [0, 0.1) is 12.7 Å². The number of hydrogen-bond acceptors (Lipinski definition) is 2. The third-order valence-electron chi connectivity index (χ3n) is 1.93. The van der Waals surface area contributed by atoms with Crippen LogP contribution in [-0.2, 0) is 4.79 Å². The number of halogens is 1. The van der Waals surface area contributed by atoms with Crippen LogP contribution in [0.25, 0.3) is 0 Å². The van der Waals surface area contributed by atoms with Gasteiger partial charge in [0.15, 0.2) is 0 Å². The molecule has 0 unspecified atom stereocenters. The molecule has 0 radical (unpaired) electrons. The van der Waals surface area contributed by atoms with Crippen molar-refractivity contribution in [3.63, 3.8) is 0 Å². The van der Waals surface area contributed by atoms with E-state index in [1.54, 1.807) is 13.8 Å². The summed E-state index contributed by atoms with van der Waals surface area (Å²) in [7, 11) is 0. The molecular formula is C11H13FO3. The summed E-state index contributed by atoms with van der Waals surface area (Å²) in [6.07, 6.45) is -0.497. The third kappa shape index (κ3) is 3.58. The highest BCUT2D eigenvalue weighted by Crippen LogP contribution is 2.20. The van der Waals surface area contributed by atoms with Crippen molar-refractivity contribution in [1.82, 2.24) is 0 Å². The smallest absolute Gasteiger partial charge is 0.307 e. The van der Waals surface area contributed by atoms with Gasteiger partial charge in [0.05, 0.1) is 6.42 Å². The number of carboxylic acid groups (broad SMARTS) is 1. The Bertz CT molecular complexity index is 363. The first-order valence-electron chi connectivity index (χ1n) is 4.63. The number of carbonyl (C=O) groups is 1. The third-order valence-corrected chi connectivity index (χ3v) is 1.93. The standard InChI is InChI=1S/C11H13FO3/c1-7-5-9(12)3-4-10(7)15-8(2)6-11(13)14/h3-5,8H,6H2,1-2H3,(H,13,14)/t8-/m0/s1. The normalized spacial score (nSPS) is 12.2. The largest absolute Gasteiger partial charge is 0.490 e. The minimum Gasteiger partial charge on any atom is -0.490 e. The monoisotopic (exact) mass is 212 g/mol. The van der Waals surface area contributed by atoms with Gasteiger partial charge in [-0.15, -0.1) is 0 Å². The Labute approximate surface area is 87.5 Å². The topological polar surface area (TPSA) is 46.5 Å². The number of rotatable bonds is 4. The Morgan fingerprint density at radius 2 is 2.27 bits per heavy atom. The second-order valence-electron chi connectivity index (χ2n) is 3.44. The first-order valence-corrected chi connectivity index (χ1v) is 4.63.